The minimum absolute atomic E-state index is 0.172. The number of carbonyl (C=O) groups excluding carboxylic acids is 3. The summed E-state index contributed by atoms with van der Waals surface area (Å²) in [5, 5.41) is 0.539. The SMILES string of the molecule is CN1C(=O)[C@@H]2[C@H](C1=O)[C@@H]1c3ccccc3C=CN1[C@H]2C(=O)c1ccc(Cl)cc1. The third-order valence-corrected chi connectivity index (χ3v) is 6.33. The highest BCUT2D eigenvalue weighted by Crippen LogP contribution is 2.52. The first-order valence-corrected chi connectivity index (χ1v) is 9.52. The average Bonchev–Trinajstić information content (AvgIpc) is 3.17. The second-order valence-corrected chi connectivity index (χ2v) is 7.88. The molecule has 140 valence electrons. The molecule has 2 amide bonds. The van der Waals surface area contributed by atoms with Gasteiger partial charge >= 0.3 is 0 Å². The molecule has 28 heavy (non-hydrogen) atoms. The van der Waals surface area contributed by atoms with Crippen molar-refractivity contribution in [3.63, 3.8) is 0 Å². The maximum absolute atomic E-state index is 13.4. The summed E-state index contributed by atoms with van der Waals surface area (Å²) in [6.45, 7) is 0. The molecule has 2 aromatic rings. The molecule has 0 saturated carbocycles. The van der Waals surface area contributed by atoms with E-state index in [1.165, 1.54) is 11.9 Å². The van der Waals surface area contributed by atoms with Crippen LogP contribution in [0.1, 0.15) is 27.5 Å². The van der Waals surface area contributed by atoms with Crippen molar-refractivity contribution >= 4 is 35.3 Å². The Morgan fingerprint density at radius 2 is 1.64 bits per heavy atom. The minimum Gasteiger partial charge on any atom is -0.358 e. The molecule has 0 unspecified atom stereocenters. The van der Waals surface area contributed by atoms with E-state index in [1.54, 1.807) is 24.3 Å². The summed E-state index contributed by atoms with van der Waals surface area (Å²) >= 11 is 5.96. The van der Waals surface area contributed by atoms with Crippen molar-refractivity contribution in [2.45, 2.75) is 12.1 Å². The van der Waals surface area contributed by atoms with Gasteiger partial charge in [-0.3, -0.25) is 19.3 Å². The Labute approximate surface area is 167 Å². The van der Waals surface area contributed by atoms with E-state index in [4.69, 9.17) is 11.6 Å². The Bertz CT molecular complexity index is 1050. The third-order valence-electron chi connectivity index (χ3n) is 6.08. The molecule has 4 atom stereocenters. The molecule has 5 nitrogen and oxygen atoms in total. The number of carbonyl (C=O) groups is 3. The Morgan fingerprint density at radius 1 is 0.964 bits per heavy atom. The number of ketones is 1. The first kappa shape index (κ1) is 17.2. The van der Waals surface area contributed by atoms with E-state index in [-0.39, 0.29) is 23.6 Å². The second-order valence-electron chi connectivity index (χ2n) is 7.44. The molecule has 3 aliphatic rings. The molecule has 2 aromatic carbocycles. The van der Waals surface area contributed by atoms with Gasteiger partial charge in [0.15, 0.2) is 5.78 Å². The Kier molecular flexibility index (Phi) is 3.71. The van der Waals surface area contributed by atoms with Gasteiger partial charge < -0.3 is 4.90 Å². The van der Waals surface area contributed by atoms with Crippen molar-refractivity contribution < 1.29 is 14.4 Å². The van der Waals surface area contributed by atoms with E-state index >= 15 is 0 Å². The number of halogens is 1. The van der Waals surface area contributed by atoms with Crippen molar-refractivity contribution in [1.29, 1.82) is 0 Å². The predicted molar refractivity (Wildman–Crippen MR) is 104 cm³/mol. The van der Waals surface area contributed by atoms with Gasteiger partial charge in [-0.15, -0.1) is 0 Å². The lowest BCUT2D eigenvalue weighted by atomic mass is 9.83. The van der Waals surface area contributed by atoms with E-state index in [0.717, 1.165) is 11.1 Å². The highest BCUT2D eigenvalue weighted by atomic mass is 35.5. The number of hydrogen-bond acceptors (Lipinski definition) is 4. The summed E-state index contributed by atoms with van der Waals surface area (Å²) in [7, 11) is 1.50. The van der Waals surface area contributed by atoms with Gasteiger partial charge in [-0.05, 0) is 41.5 Å². The lowest BCUT2D eigenvalue weighted by Gasteiger charge is -2.35. The number of amides is 2. The van der Waals surface area contributed by atoms with E-state index in [2.05, 4.69) is 0 Å². The molecule has 0 aliphatic carbocycles. The number of likely N-dealkylation sites (tertiary alicyclic amines) is 1. The van der Waals surface area contributed by atoms with Crippen LogP contribution in [0.25, 0.3) is 6.08 Å². The van der Waals surface area contributed by atoms with Crippen molar-refractivity contribution in [2.24, 2.45) is 11.8 Å². The fourth-order valence-corrected chi connectivity index (χ4v) is 4.92. The van der Waals surface area contributed by atoms with E-state index in [1.807, 2.05) is 41.4 Å². The topological polar surface area (TPSA) is 57.7 Å². The Morgan fingerprint density at radius 3 is 2.39 bits per heavy atom. The summed E-state index contributed by atoms with van der Waals surface area (Å²) in [4.78, 5) is 42.4. The zero-order valence-corrected chi connectivity index (χ0v) is 15.8. The predicted octanol–water partition coefficient (Wildman–Crippen LogP) is 3.16. The second kappa shape index (κ2) is 6.04. The van der Waals surface area contributed by atoms with Gasteiger partial charge in [-0.25, -0.2) is 0 Å². The molecule has 3 aliphatic heterocycles. The Balaban J connectivity index is 1.65. The largest absolute Gasteiger partial charge is 0.358 e. The highest BCUT2D eigenvalue weighted by molar-refractivity contribution is 6.30. The maximum atomic E-state index is 13.4. The molecule has 0 spiro atoms. The highest BCUT2D eigenvalue weighted by Gasteiger charge is 2.63. The molecule has 0 aromatic heterocycles. The van der Waals surface area contributed by atoms with Crippen LogP contribution in [0, 0.1) is 11.8 Å². The van der Waals surface area contributed by atoms with Crippen LogP contribution >= 0.6 is 11.6 Å². The Hall–Kier alpha value is -2.92. The van der Waals surface area contributed by atoms with Gasteiger partial charge in [-0.1, -0.05) is 35.9 Å². The molecule has 0 radical (unpaired) electrons. The van der Waals surface area contributed by atoms with Gasteiger partial charge in [0.1, 0.15) is 6.04 Å². The summed E-state index contributed by atoms with van der Waals surface area (Å²) in [5.41, 5.74) is 2.47. The van der Waals surface area contributed by atoms with Gasteiger partial charge in [0.2, 0.25) is 11.8 Å². The fourth-order valence-electron chi connectivity index (χ4n) is 4.79. The summed E-state index contributed by atoms with van der Waals surface area (Å²) in [5.74, 6) is -1.94. The molecule has 6 heteroatoms. The lowest BCUT2D eigenvalue weighted by molar-refractivity contribution is -0.139. The van der Waals surface area contributed by atoms with Gasteiger partial charge in [0, 0.05) is 23.8 Å². The number of Topliss-reactive ketones (excluding diaryl/α,β-unsaturated/α-hetero) is 1. The number of benzene rings is 2. The fraction of sp³-hybridized carbons (Fsp3) is 0.227. The molecule has 0 bridgehead atoms. The van der Waals surface area contributed by atoms with Crippen LogP contribution in [-0.4, -0.2) is 40.5 Å². The molecular weight excluding hydrogens is 376 g/mol. The van der Waals surface area contributed by atoms with Gasteiger partial charge in [0.25, 0.3) is 0 Å². The lowest BCUT2D eigenvalue weighted by Crippen LogP contribution is -2.43. The van der Waals surface area contributed by atoms with E-state index in [9.17, 15) is 14.4 Å². The van der Waals surface area contributed by atoms with Crippen LogP contribution in [0.15, 0.2) is 54.7 Å². The number of imide groups is 1. The third kappa shape index (κ3) is 2.23. The maximum Gasteiger partial charge on any atom is 0.235 e. The van der Waals surface area contributed by atoms with Crippen molar-refractivity contribution in [2.75, 3.05) is 7.05 Å². The molecule has 2 fully saturated rings. The summed E-state index contributed by atoms with van der Waals surface area (Å²) in [6.07, 6.45) is 3.79. The van der Waals surface area contributed by atoms with Crippen molar-refractivity contribution in [3.05, 3.63) is 76.4 Å². The average molecular weight is 393 g/mol. The van der Waals surface area contributed by atoms with E-state index in [0.29, 0.717) is 10.6 Å². The van der Waals surface area contributed by atoms with Crippen LogP contribution in [0.2, 0.25) is 5.02 Å². The normalized spacial score (nSPS) is 27.6. The van der Waals surface area contributed by atoms with Crippen LogP contribution in [-0.2, 0) is 9.59 Å². The number of fused-ring (bicyclic) bond motifs is 5. The molecule has 0 N–H and O–H groups in total. The van der Waals surface area contributed by atoms with Crippen molar-refractivity contribution in [3.8, 4) is 0 Å². The number of hydrogen-bond donors (Lipinski definition) is 0. The van der Waals surface area contributed by atoms with Crippen molar-refractivity contribution in [1.82, 2.24) is 9.80 Å². The van der Waals surface area contributed by atoms with Gasteiger partial charge in [0.05, 0.1) is 17.9 Å². The summed E-state index contributed by atoms with van der Waals surface area (Å²) < 4.78 is 0. The smallest absolute Gasteiger partial charge is 0.235 e. The van der Waals surface area contributed by atoms with E-state index < -0.39 is 17.9 Å². The minimum atomic E-state index is -0.720. The van der Waals surface area contributed by atoms with Crippen LogP contribution < -0.4 is 0 Å². The number of rotatable bonds is 2. The zero-order valence-electron chi connectivity index (χ0n) is 15.1. The molecule has 5 rings (SSSR count). The zero-order chi connectivity index (χ0) is 19.6. The quantitative estimate of drug-likeness (QED) is 0.582. The van der Waals surface area contributed by atoms with Gasteiger partial charge in [-0.2, -0.15) is 0 Å². The molecular formula is C22H17ClN2O3. The molecule has 2 saturated heterocycles. The standard InChI is InChI=1S/C22H17ClN2O3/c1-24-21(27)16-17(22(24)28)19(20(26)13-6-8-14(23)9-7-13)25-11-10-12-4-2-3-5-15(12)18(16)25/h2-11,16-19H,1H3/t16-,17+,18-,19+/m0/s1. The monoisotopic (exact) mass is 392 g/mol. The number of nitrogens with zero attached hydrogens (tertiary/aromatic N) is 2. The first-order chi connectivity index (χ1) is 13.5. The molecule has 3 heterocycles. The van der Waals surface area contributed by atoms with Crippen LogP contribution in [0.4, 0.5) is 0 Å². The van der Waals surface area contributed by atoms with Crippen LogP contribution in [0.3, 0.4) is 0 Å². The summed E-state index contributed by atoms with van der Waals surface area (Å²) in [6, 6.07) is 13.4. The first-order valence-electron chi connectivity index (χ1n) is 9.15. The van der Waals surface area contributed by atoms with Crippen LogP contribution in [0.5, 0.6) is 0 Å².